The standard InChI is InChI=1S/C33H35NO3/c1-21-17-18-26(22(2)32(21)33(35)36)30-20-25(37-31-16-7-6-14-29(30)31)12-9-19-34-23(3)27-15-8-11-24-10-4-5-13-28(24)27/h4-8,10-11,13-18,23,25,30,34H,9,12,19-20H2,1-3H3,(H,35,36)/t23?,25-,30-/m1/s1. The molecule has 0 spiro atoms. The molecule has 0 amide bonds. The fourth-order valence-electron chi connectivity index (χ4n) is 5.92. The Kier molecular flexibility index (Phi) is 7.29. The number of carbonyl (C=O) groups is 1. The molecular weight excluding hydrogens is 458 g/mol. The number of rotatable bonds is 8. The van der Waals surface area contributed by atoms with Gasteiger partial charge in [-0.1, -0.05) is 72.8 Å². The van der Waals surface area contributed by atoms with Crippen LogP contribution in [0.5, 0.6) is 5.75 Å². The van der Waals surface area contributed by atoms with Gasteiger partial charge in [-0.3, -0.25) is 0 Å². The summed E-state index contributed by atoms with van der Waals surface area (Å²) in [5.74, 6) is 0.175. The lowest BCUT2D eigenvalue weighted by molar-refractivity contribution is 0.0695. The minimum Gasteiger partial charge on any atom is -0.490 e. The van der Waals surface area contributed by atoms with Gasteiger partial charge in [0.25, 0.3) is 0 Å². The average molecular weight is 494 g/mol. The van der Waals surface area contributed by atoms with Crippen LogP contribution in [-0.2, 0) is 0 Å². The fourth-order valence-corrected chi connectivity index (χ4v) is 5.92. The Hall–Kier alpha value is -3.63. The van der Waals surface area contributed by atoms with Gasteiger partial charge in [0.05, 0.1) is 11.7 Å². The highest BCUT2D eigenvalue weighted by Gasteiger charge is 2.31. The molecule has 37 heavy (non-hydrogen) atoms. The number of hydrogen-bond donors (Lipinski definition) is 2. The van der Waals surface area contributed by atoms with Crippen molar-refractivity contribution in [1.82, 2.24) is 5.32 Å². The van der Waals surface area contributed by atoms with E-state index in [4.69, 9.17) is 4.74 Å². The minimum atomic E-state index is -0.861. The Labute approximate surface area is 219 Å². The molecule has 1 unspecified atom stereocenters. The second-order valence-corrected chi connectivity index (χ2v) is 10.2. The van der Waals surface area contributed by atoms with E-state index in [0.29, 0.717) is 5.56 Å². The normalized spacial score (nSPS) is 17.7. The van der Waals surface area contributed by atoms with E-state index in [1.54, 1.807) is 0 Å². The van der Waals surface area contributed by atoms with Gasteiger partial charge in [0.2, 0.25) is 0 Å². The lowest BCUT2D eigenvalue weighted by atomic mass is 9.80. The van der Waals surface area contributed by atoms with Crippen LogP contribution in [0.25, 0.3) is 10.8 Å². The number of fused-ring (bicyclic) bond motifs is 2. The number of hydrogen-bond acceptors (Lipinski definition) is 3. The zero-order valence-electron chi connectivity index (χ0n) is 21.8. The summed E-state index contributed by atoms with van der Waals surface area (Å²) in [6, 6.07) is 27.6. The topological polar surface area (TPSA) is 58.6 Å². The van der Waals surface area contributed by atoms with E-state index in [-0.39, 0.29) is 18.1 Å². The Morgan fingerprint density at radius 2 is 1.73 bits per heavy atom. The number of benzene rings is 4. The first-order valence-electron chi connectivity index (χ1n) is 13.2. The van der Waals surface area contributed by atoms with Crippen LogP contribution in [0.15, 0.2) is 78.9 Å². The second-order valence-electron chi connectivity index (χ2n) is 10.2. The molecule has 0 fully saturated rings. The average Bonchev–Trinajstić information content (AvgIpc) is 2.90. The number of carboxylic acid groups (broad SMARTS) is 1. The maximum atomic E-state index is 12.0. The van der Waals surface area contributed by atoms with Gasteiger partial charge in [0, 0.05) is 17.5 Å². The molecule has 1 aliphatic heterocycles. The third kappa shape index (κ3) is 5.12. The van der Waals surface area contributed by atoms with E-state index < -0.39 is 5.97 Å². The Morgan fingerprint density at radius 1 is 0.973 bits per heavy atom. The predicted octanol–water partition coefficient (Wildman–Crippen LogP) is 7.57. The van der Waals surface area contributed by atoms with Crippen molar-refractivity contribution in [2.75, 3.05) is 6.54 Å². The zero-order chi connectivity index (χ0) is 25.9. The third-order valence-corrected chi connectivity index (χ3v) is 7.83. The molecule has 0 bridgehead atoms. The van der Waals surface area contributed by atoms with E-state index in [0.717, 1.165) is 53.8 Å². The van der Waals surface area contributed by atoms with Crippen LogP contribution in [0.3, 0.4) is 0 Å². The van der Waals surface area contributed by atoms with Crippen molar-refractivity contribution < 1.29 is 14.6 Å². The van der Waals surface area contributed by atoms with Gasteiger partial charge in [0.1, 0.15) is 5.75 Å². The first-order chi connectivity index (χ1) is 17.9. The Morgan fingerprint density at radius 3 is 2.57 bits per heavy atom. The highest BCUT2D eigenvalue weighted by Crippen LogP contribution is 2.43. The minimum absolute atomic E-state index is 0.0866. The van der Waals surface area contributed by atoms with Gasteiger partial charge in [-0.15, -0.1) is 0 Å². The maximum Gasteiger partial charge on any atom is 0.336 e. The lowest BCUT2D eigenvalue weighted by Crippen LogP contribution is -2.28. The molecule has 0 radical (unpaired) electrons. The molecule has 4 aromatic rings. The molecule has 2 N–H and O–H groups in total. The number of ether oxygens (including phenoxy) is 1. The van der Waals surface area contributed by atoms with Crippen molar-refractivity contribution in [3.05, 3.63) is 112 Å². The van der Waals surface area contributed by atoms with Gasteiger partial charge in [-0.05, 0) is 85.7 Å². The summed E-state index contributed by atoms with van der Waals surface area (Å²) in [6.45, 7) is 6.94. The summed E-state index contributed by atoms with van der Waals surface area (Å²) in [7, 11) is 0. The van der Waals surface area contributed by atoms with E-state index in [2.05, 4.69) is 66.8 Å². The Bertz CT molecular complexity index is 1420. The number of carboxylic acids is 1. The summed E-state index contributed by atoms with van der Waals surface area (Å²) in [5, 5.41) is 16.1. The van der Waals surface area contributed by atoms with E-state index in [1.165, 1.54) is 16.3 Å². The van der Waals surface area contributed by atoms with Crippen molar-refractivity contribution in [3.63, 3.8) is 0 Å². The molecule has 4 heteroatoms. The largest absolute Gasteiger partial charge is 0.490 e. The van der Waals surface area contributed by atoms with Crippen molar-refractivity contribution in [2.24, 2.45) is 0 Å². The molecule has 0 saturated carbocycles. The van der Waals surface area contributed by atoms with Gasteiger partial charge >= 0.3 is 5.97 Å². The van der Waals surface area contributed by atoms with Crippen molar-refractivity contribution in [2.45, 2.75) is 58.1 Å². The monoisotopic (exact) mass is 493 g/mol. The quantitative estimate of drug-likeness (QED) is 0.249. The number of nitrogens with one attached hydrogen (secondary N) is 1. The lowest BCUT2D eigenvalue weighted by Gasteiger charge is -2.34. The Balaban J connectivity index is 1.28. The van der Waals surface area contributed by atoms with Crippen molar-refractivity contribution in [1.29, 1.82) is 0 Å². The van der Waals surface area contributed by atoms with Gasteiger partial charge in [-0.25, -0.2) is 4.79 Å². The van der Waals surface area contributed by atoms with E-state index in [9.17, 15) is 9.90 Å². The molecule has 4 aromatic carbocycles. The molecule has 4 nitrogen and oxygen atoms in total. The molecule has 190 valence electrons. The summed E-state index contributed by atoms with van der Waals surface area (Å²) in [5.41, 5.74) is 5.64. The van der Waals surface area contributed by atoms with Crippen LogP contribution in [0, 0.1) is 13.8 Å². The predicted molar refractivity (Wildman–Crippen MR) is 150 cm³/mol. The fraction of sp³-hybridized carbons (Fsp3) is 0.303. The van der Waals surface area contributed by atoms with Crippen molar-refractivity contribution in [3.8, 4) is 5.75 Å². The summed E-state index contributed by atoms with van der Waals surface area (Å²) in [4.78, 5) is 12.0. The van der Waals surface area contributed by atoms with Crippen LogP contribution in [0.1, 0.15) is 76.3 Å². The van der Waals surface area contributed by atoms with Gasteiger partial charge < -0.3 is 15.2 Å². The number of aryl methyl sites for hydroxylation is 1. The smallest absolute Gasteiger partial charge is 0.336 e. The molecule has 1 heterocycles. The molecule has 0 aromatic heterocycles. The highest BCUT2D eigenvalue weighted by atomic mass is 16.5. The molecule has 0 saturated heterocycles. The first kappa shape index (κ1) is 25.0. The van der Waals surface area contributed by atoms with Crippen LogP contribution < -0.4 is 10.1 Å². The summed E-state index contributed by atoms with van der Waals surface area (Å²) in [6.07, 6.45) is 2.88. The maximum absolute atomic E-state index is 12.0. The molecule has 1 aliphatic rings. The van der Waals surface area contributed by atoms with Crippen LogP contribution in [0.2, 0.25) is 0 Å². The van der Waals surface area contributed by atoms with Gasteiger partial charge in [0.15, 0.2) is 0 Å². The highest BCUT2D eigenvalue weighted by molar-refractivity contribution is 5.91. The summed E-state index contributed by atoms with van der Waals surface area (Å²) >= 11 is 0. The van der Waals surface area contributed by atoms with Crippen LogP contribution >= 0.6 is 0 Å². The second kappa shape index (κ2) is 10.8. The zero-order valence-corrected chi connectivity index (χ0v) is 21.8. The summed E-state index contributed by atoms with van der Waals surface area (Å²) < 4.78 is 6.43. The van der Waals surface area contributed by atoms with E-state index >= 15 is 0 Å². The number of aromatic carboxylic acids is 1. The number of para-hydroxylation sites is 1. The third-order valence-electron chi connectivity index (χ3n) is 7.83. The van der Waals surface area contributed by atoms with Crippen molar-refractivity contribution >= 4 is 16.7 Å². The molecule has 0 aliphatic carbocycles. The van der Waals surface area contributed by atoms with Crippen LogP contribution in [-0.4, -0.2) is 23.7 Å². The molecular formula is C33H35NO3. The van der Waals surface area contributed by atoms with Gasteiger partial charge in [-0.2, -0.15) is 0 Å². The first-order valence-corrected chi connectivity index (χ1v) is 13.2. The SMILES string of the molecule is Cc1ccc([C@H]2C[C@@H](CCCNC(C)c3cccc4ccccc34)Oc3ccccc32)c(C)c1C(=O)O. The van der Waals surface area contributed by atoms with E-state index in [1.807, 2.05) is 38.1 Å². The molecule has 3 atom stereocenters. The van der Waals surface area contributed by atoms with Crippen LogP contribution in [0.4, 0.5) is 0 Å². The molecule has 5 rings (SSSR count).